The van der Waals surface area contributed by atoms with Gasteiger partial charge in [0.05, 0.1) is 11.0 Å². The van der Waals surface area contributed by atoms with Crippen molar-refractivity contribution >= 4 is 17.0 Å². The molecule has 2 N–H and O–H groups in total. The minimum Gasteiger partial charge on any atom is -0.369 e. The summed E-state index contributed by atoms with van der Waals surface area (Å²) in [5.74, 6) is 0.245. The standard InChI is InChI=1S/C15H20FN3/c1-8-6-11-10(7-9(8)16)18-13(17)19(11)12-14(2,3)15(12,4)5/h6-7,12H,1-5H3,(H2,17,18). The summed E-state index contributed by atoms with van der Waals surface area (Å²) in [6.07, 6.45) is 0. The van der Waals surface area contributed by atoms with Gasteiger partial charge in [-0.05, 0) is 29.4 Å². The lowest BCUT2D eigenvalue weighted by Crippen LogP contribution is -2.05. The number of nitrogens with zero attached hydrogens (tertiary/aromatic N) is 2. The summed E-state index contributed by atoms with van der Waals surface area (Å²) in [5, 5.41) is 0. The number of halogens is 1. The van der Waals surface area contributed by atoms with Gasteiger partial charge < -0.3 is 10.3 Å². The van der Waals surface area contributed by atoms with Crippen LogP contribution in [0.5, 0.6) is 0 Å². The Morgan fingerprint density at radius 3 is 2.32 bits per heavy atom. The lowest BCUT2D eigenvalue weighted by Gasteiger charge is -2.09. The molecule has 3 nitrogen and oxygen atoms in total. The van der Waals surface area contributed by atoms with E-state index in [4.69, 9.17) is 5.73 Å². The normalized spacial score (nSPS) is 20.9. The van der Waals surface area contributed by atoms with Crippen molar-refractivity contribution in [1.29, 1.82) is 0 Å². The number of aryl methyl sites for hydroxylation is 1. The van der Waals surface area contributed by atoms with Crippen LogP contribution in [0, 0.1) is 23.6 Å². The molecule has 0 amide bonds. The molecule has 0 saturated heterocycles. The minimum atomic E-state index is -0.230. The van der Waals surface area contributed by atoms with Crippen LogP contribution in [-0.2, 0) is 0 Å². The number of hydrogen-bond donors (Lipinski definition) is 1. The second-order valence-corrected chi connectivity index (χ2v) is 6.78. The molecule has 1 aliphatic carbocycles. The third kappa shape index (κ3) is 1.40. The molecule has 1 aromatic carbocycles. The van der Waals surface area contributed by atoms with E-state index in [-0.39, 0.29) is 16.6 Å². The Kier molecular flexibility index (Phi) is 2.16. The highest BCUT2D eigenvalue weighted by atomic mass is 19.1. The van der Waals surface area contributed by atoms with Crippen molar-refractivity contribution in [2.75, 3.05) is 5.73 Å². The SMILES string of the molecule is Cc1cc2c(cc1F)nc(N)n2C1C(C)(C)C1(C)C. The number of hydrogen-bond acceptors (Lipinski definition) is 2. The van der Waals surface area contributed by atoms with Crippen LogP contribution < -0.4 is 5.73 Å². The van der Waals surface area contributed by atoms with E-state index >= 15 is 0 Å². The molecule has 3 rings (SSSR count). The van der Waals surface area contributed by atoms with Gasteiger partial charge in [0.1, 0.15) is 5.82 Å². The fourth-order valence-corrected chi connectivity index (χ4v) is 3.32. The second kappa shape index (κ2) is 3.30. The predicted molar refractivity (Wildman–Crippen MR) is 75.4 cm³/mol. The molecule has 1 heterocycles. The fourth-order valence-electron chi connectivity index (χ4n) is 3.32. The molecule has 1 aromatic heterocycles. The maximum absolute atomic E-state index is 13.6. The second-order valence-electron chi connectivity index (χ2n) is 6.78. The molecule has 0 atom stereocenters. The van der Waals surface area contributed by atoms with Crippen LogP contribution in [0.3, 0.4) is 0 Å². The molecular formula is C15H20FN3. The molecule has 0 radical (unpaired) electrons. The fraction of sp³-hybridized carbons (Fsp3) is 0.533. The zero-order chi connectivity index (χ0) is 14.2. The largest absolute Gasteiger partial charge is 0.369 e. The van der Waals surface area contributed by atoms with Gasteiger partial charge in [0, 0.05) is 12.1 Å². The summed E-state index contributed by atoms with van der Waals surface area (Å²) in [4.78, 5) is 4.31. The average molecular weight is 261 g/mol. The molecule has 0 bridgehead atoms. The van der Waals surface area contributed by atoms with Crippen molar-refractivity contribution in [2.24, 2.45) is 10.8 Å². The Hall–Kier alpha value is -1.58. The molecule has 1 saturated carbocycles. The van der Waals surface area contributed by atoms with Gasteiger partial charge in [0.25, 0.3) is 0 Å². The minimum absolute atomic E-state index is 0.164. The molecule has 4 heteroatoms. The number of imidazole rings is 1. The maximum Gasteiger partial charge on any atom is 0.201 e. The zero-order valence-corrected chi connectivity index (χ0v) is 12.1. The Morgan fingerprint density at radius 1 is 1.21 bits per heavy atom. The first-order valence-electron chi connectivity index (χ1n) is 6.61. The van der Waals surface area contributed by atoms with Gasteiger partial charge >= 0.3 is 0 Å². The maximum atomic E-state index is 13.6. The molecule has 0 unspecified atom stereocenters. The Labute approximate surface area is 112 Å². The molecular weight excluding hydrogens is 241 g/mol. The zero-order valence-electron chi connectivity index (χ0n) is 12.1. The van der Waals surface area contributed by atoms with E-state index in [0.29, 0.717) is 23.1 Å². The van der Waals surface area contributed by atoms with Gasteiger partial charge in [-0.1, -0.05) is 27.7 Å². The first-order chi connectivity index (χ1) is 8.68. The van der Waals surface area contributed by atoms with Gasteiger partial charge in [-0.3, -0.25) is 0 Å². The van der Waals surface area contributed by atoms with Crippen LogP contribution >= 0.6 is 0 Å². The highest BCUT2D eigenvalue weighted by molar-refractivity contribution is 5.80. The Balaban J connectivity index is 2.26. The van der Waals surface area contributed by atoms with Crippen molar-refractivity contribution in [1.82, 2.24) is 9.55 Å². The van der Waals surface area contributed by atoms with Crippen molar-refractivity contribution in [3.63, 3.8) is 0 Å². The van der Waals surface area contributed by atoms with E-state index in [1.807, 2.05) is 6.07 Å². The van der Waals surface area contributed by atoms with Crippen molar-refractivity contribution in [3.05, 3.63) is 23.5 Å². The smallest absolute Gasteiger partial charge is 0.201 e. The predicted octanol–water partition coefficient (Wildman–Crippen LogP) is 3.67. The summed E-state index contributed by atoms with van der Waals surface area (Å²) < 4.78 is 15.7. The van der Waals surface area contributed by atoms with Gasteiger partial charge in [-0.2, -0.15) is 0 Å². The number of rotatable bonds is 1. The number of benzene rings is 1. The Morgan fingerprint density at radius 2 is 1.79 bits per heavy atom. The van der Waals surface area contributed by atoms with Gasteiger partial charge in [-0.15, -0.1) is 0 Å². The van der Waals surface area contributed by atoms with Crippen LogP contribution in [0.4, 0.5) is 10.3 Å². The van der Waals surface area contributed by atoms with Crippen LogP contribution in [0.25, 0.3) is 11.0 Å². The van der Waals surface area contributed by atoms with E-state index in [2.05, 4.69) is 37.2 Å². The summed E-state index contributed by atoms with van der Waals surface area (Å²) in [5.41, 5.74) is 8.59. The third-order valence-corrected chi connectivity index (χ3v) is 5.20. The van der Waals surface area contributed by atoms with Crippen molar-refractivity contribution in [2.45, 2.75) is 40.7 Å². The molecule has 19 heavy (non-hydrogen) atoms. The first-order valence-corrected chi connectivity index (χ1v) is 6.61. The molecule has 1 aliphatic rings. The highest BCUT2D eigenvalue weighted by Gasteiger charge is 2.66. The van der Waals surface area contributed by atoms with E-state index in [9.17, 15) is 4.39 Å². The number of nitrogen functional groups attached to an aromatic ring is 1. The van der Waals surface area contributed by atoms with Gasteiger partial charge in [0.15, 0.2) is 0 Å². The van der Waals surface area contributed by atoms with Crippen molar-refractivity contribution in [3.8, 4) is 0 Å². The molecule has 102 valence electrons. The first kappa shape index (κ1) is 12.5. The van der Waals surface area contributed by atoms with E-state index in [1.54, 1.807) is 6.92 Å². The average Bonchev–Trinajstić information content (AvgIpc) is 2.54. The lowest BCUT2D eigenvalue weighted by molar-refractivity contribution is 0.457. The van der Waals surface area contributed by atoms with Crippen LogP contribution in [-0.4, -0.2) is 9.55 Å². The van der Waals surface area contributed by atoms with E-state index < -0.39 is 0 Å². The summed E-state index contributed by atoms with van der Waals surface area (Å²) in [6, 6.07) is 3.62. The molecule has 0 spiro atoms. The molecule has 2 aromatic rings. The van der Waals surface area contributed by atoms with Crippen molar-refractivity contribution < 1.29 is 4.39 Å². The summed E-state index contributed by atoms with van der Waals surface area (Å²) in [7, 11) is 0. The van der Waals surface area contributed by atoms with E-state index in [0.717, 1.165) is 5.52 Å². The number of anilines is 1. The number of aromatic nitrogens is 2. The topological polar surface area (TPSA) is 43.8 Å². The van der Waals surface area contributed by atoms with E-state index in [1.165, 1.54) is 6.07 Å². The highest BCUT2D eigenvalue weighted by Crippen LogP contribution is 2.72. The molecule has 0 aliphatic heterocycles. The van der Waals surface area contributed by atoms with Gasteiger partial charge in [-0.25, -0.2) is 9.37 Å². The summed E-state index contributed by atoms with van der Waals surface area (Å²) in [6.45, 7) is 10.7. The number of fused-ring (bicyclic) bond motifs is 1. The lowest BCUT2D eigenvalue weighted by atomic mass is 10.0. The number of nitrogens with two attached hydrogens (primary N) is 1. The van der Waals surface area contributed by atoms with Crippen LogP contribution in [0.2, 0.25) is 0 Å². The summed E-state index contributed by atoms with van der Waals surface area (Å²) >= 11 is 0. The van der Waals surface area contributed by atoms with Crippen LogP contribution in [0.15, 0.2) is 12.1 Å². The monoisotopic (exact) mass is 261 g/mol. The van der Waals surface area contributed by atoms with Gasteiger partial charge in [0.2, 0.25) is 5.95 Å². The quantitative estimate of drug-likeness (QED) is 0.851. The Bertz CT molecular complexity index is 668. The van der Waals surface area contributed by atoms with Crippen LogP contribution in [0.1, 0.15) is 39.3 Å². The third-order valence-electron chi connectivity index (χ3n) is 5.20. The molecule has 1 fully saturated rings.